The molecule has 0 aromatic carbocycles. The number of thiophene rings is 1. The molecule has 0 saturated heterocycles. The van der Waals surface area contributed by atoms with E-state index in [1.807, 2.05) is 17.7 Å². The standard InChI is InChI=1S/C22H36N2S2.C2H2O4/c1-2-3-4-5-6-7-8-9-10-13-16-25-21-20-18-14-11-12-15-19(18)26-22(20)24-17-23-21;3-1(4)2(5)6/h17,21H,2-16H2,1H3,(H,23,24);(H,3,4)(H,5,6). The third-order valence-corrected chi connectivity index (χ3v) is 8.26. The van der Waals surface area contributed by atoms with Crippen LogP contribution in [0, 0.1) is 0 Å². The van der Waals surface area contributed by atoms with E-state index in [2.05, 4.69) is 24.0 Å². The summed E-state index contributed by atoms with van der Waals surface area (Å²) in [5.41, 5.74) is 3.17. The van der Waals surface area contributed by atoms with Gasteiger partial charge in [0.25, 0.3) is 0 Å². The van der Waals surface area contributed by atoms with Crippen molar-refractivity contribution in [2.75, 3.05) is 11.1 Å². The van der Waals surface area contributed by atoms with Crippen LogP contribution >= 0.6 is 23.1 Å². The molecule has 8 heteroatoms. The van der Waals surface area contributed by atoms with Gasteiger partial charge in [-0.1, -0.05) is 64.7 Å². The summed E-state index contributed by atoms with van der Waals surface area (Å²) in [5.74, 6) is -2.40. The van der Waals surface area contributed by atoms with Crippen LogP contribution in [0.25, 0.3) is 0 Å². The maximum Gasteiger partial charge on any atom is 0.414 e. The van der Waals surface area contributed by atoms with Crippen LogP contribution in [0.3, 0.4) is 0 Å². The Morgan fingerprint density at radius 3 is 2.22 bits per heavy atom. The van der Waals surface area contributed by atoms with Gasteiger partial charge in [-0.15, -0.1) is 23.1 Å². The molecule has 180 valence electrons. The van der Waals surface area contributed by atoms with Gasteiger partial charge in [-0.3, -0.25) is 4.99 Å². The summed E-state index contributed by atoms with van der Waals surface area (Å²) in [6.45, 7) is 2.29. The molecule has 1 aliphatic carbocycles. The molecule has 1 aliphatic heterocycles. The molecule has 1 unspecified atom stereocenters. The number of aryl methyl sites for hydroxylation is 1. The zero-order valence-electron chi connectivity index (χ0n) is 19.2. The highest BCUT2D eigenvalue weighted by Gasteiger charge is 2.27. The van der Waals surface area contributed by atoms with Gasteiger partial charge in [-0.05, 0) is 43.4 Å². The van der Waals surface area contributed by atoms with E-state index in [0.29, 0.717) is 5.37 Å². The van der Waals surface area contributed by atoms with Gasteiger partial charge in [0.2, 0.25) is 0 Å². The molecule has 1 aromatic heterocycles. The Morgan fingerprint density at radius 1 is 1.00 bits per heavy atom. The molecule has 1 atom stereocenters. The van der Waals surface area contributed by atoms with E-state index in [0.717, 1.165) is 0 Å². The lowest BCUT2D eigenvalue weighted by Gasteiger charge is -2.20. The minimum Gasteiger partial charge on any atom is -0.473 e. The summed E-state index contributed by atoms with van der Waals surface area (Å²) in [5, 5.41) is 19.9. The monoisotopic (exact) mass is 482 g/mol. The Bertz CT molecular complexity index is 737. The lowest BCUT2D eigenvalue weighted by molar-refractivity contribution is -0.159. The SMILES string of the molecule is CCCCCCCCCCCCSC1N=CNc2sc3c(c21)CCCC3.O=C(O)C(=O)O. The molecule has 3 rings (SSSR count). The number of rotatable bonds is 12. The first-order valence-corrected chi connectivity index (χ1v) is 13.9. The lowest BCUT2D eigenvalue weighted by atomic mass is 9.95. The number of carboxylic acids is 2. The molecular weight excluding hydrogens is 444 g/mol. The van der Waals surface area contributed by atoms with Crippen LogP contribution in [0.2, 0.25) is 0 Å². The molecule has 32 heavy (non-hydrogen) atoms. The molecule has 1 aromatic rings. The molecule has 2 heterocycles. The van der Waals surface area contributed by atoms with Crippen molar-refractivity contribution >= 4 is 46.4 Å². The van der Waals surface area contributed by atoms with Gasteiger partial charge in [-0.25, -0.2) is 9.59 Å². The molecule has 0 bridgehead atoms. The number of nitrogens with zero attached hydrogens (tertiary/aromatic N) is 1. The molecular formula is C24H38N2O4S2. The van der Waals surface area contributed by atoms with Crippen molar-refractivity contribution in [1.29, 1.82) is 0 Å². The Labute approximate surface area is 200 Å². The Morgan fingerprint density at radius 2 is 1.59 bits per heavy atom. The quantitative estimate of drug-likeness (QED) is 0.222. The van der Waals surface area contributed by atoms with E-state index in [9.17, 15) is 0 Å². The number of carbonyl (C=O) groups is 2. The second-order valence-electron chi connectivity index (χ2n) is 8.39. The summed E-state index contributed by atoms with van der Waals surface area (Å²) in [6, 6.07) is 0. The minimum absolute atomic E-state index is 0.350. The maximum atomic E-state index is 9.10. The summed E-state index contributed by atoms with van der Waals surface area (Å²) >= 11 is 4.05. The van der Waals surface area contributed by atoms with Gasteiger partial charge in [0, 0.05) is 10.4 Å². The average molecular weight is 483 g/mol. The Balaban J connectivity index is 0.000000534. The van der Waals surface area contributed by atoms with Gasteiger partial charge >= 0.3 is 11.9 Å². The summed E-state index contributed by atoms with van der Waals surface area (Å²) in [7, 11) is 0. The van der Waals surface area contributed by atoms with Crippen LogP contribution in [0.4, 0.5) is 5.00 Å². The summed E-state index contributed by atoms with van der Waals surface area (Å²) < 4.78 is 0. The van der Waals surface area contributed by atoms with E-state index in [1.54, 1.807) is 10.4 Å². The molecule has 2 aliphatic rings. The maximum absolute atomic E-state index is 9.10. The molecule has 0 saturated carbocycles. The van der Waals surface area contributed by atoms with Crippen LogP contribution in [0.15, 0.2) is 4.99 Å². The van der Waals surface area contributed by atoms with E-state index in [4.69, 9.17) is 24.8 Å². The summed E-state index contributed by atoms with van der Waals surface area (Å²) in [6.07, 6.45) is 21.4. The van der Waals surface area contributed by atoms with E-state index in [-0.39, 0.29) is 0 Å². The van der Waals surface area contributed by atoms with Crippen LogP contribution in [-0.2, 0) is 22.4 Å². The first-order valence-electron chi connectivity index (χ1n) is 12.0. The minimum atomic E-state index is -1.82. The predicted octanol–water partition coefficient (Wildman–Crippen LogP) is 6.89. The molecule has 3 N–H and O–H groups in total. The number of unbranched alkanes of at least 4 members (excludes halogenated alkanes) is 9. The zero-order chi connectivity index (χ0) is 23.2. The number of anilines is 1. The number of fused-ring (bicyclic) bond motifs is 3. The van der Waals surface area contributed by atoms with Gasteiger partial charge in [-0.2, -0.15) is 0 Å². The fourth-order valence-corrected chi connectivity index (χ4v) is 6.63. The van der Waals surface area contributed by atoms with Crippen molar-refractivity contribution in [3.63, 3.8) is 0 Å². The van der Waals surface area contributed by atoms with Crippen molar-refractivity contribution in [2.24, 2.45) is 4.99 Å². The highest BCUT2D eigenvalue weighted by atomic mass is 32.2. The van der Waals surface area contributed by atoms with E-state index >= 15 is 0 Å². The average Bonchev–Trinajstić information content (AvgIpc) is 3.17. The second-order valence-corrected chi connectivity index (χ2v) is 10.7. The lowest BCUT2D eigenvalue weighted by Crippen LogP contribution is -2.09. The number of hydrogen-bond acceptors (Lipinski definition) is 6. The van der Waals surface area contributed by atoms with Crippen LogP contribution in [0.1, 0.15) is 105 Å². The molecule has 0 radical (unpaired) electrons. The fraction of sp³-hybridized carbons (Fsp3) is 0.708. The first-order chi connectivity index (χ1) is 15.5. The highest BCUT2D eigenvalue weighted by molar-refractivity contribution is 7.99. The van der Waals surface area contributed by atoms with Gasteiger partial charge in [0.15, 0.2) is 0 Å². The molecule has 0 fully saturated rings. The van der Waals surface area contributed by atoms with Gasteiger partial charge in [0.1, 0.15) is 10.4 Å². The normalized spacial score (nSPS) is 16.3. The van der Waals surface area contributed by atoms with E-state index < -0.39 is 11.9 Å². The highest BCUT2D eigenvalue weighted by Crippen LogP contribution is 2.47. The number of thioether (sulfide) groups is 1. The van der Waals surface area contributed by atoms with E-state index in [1.165, 1.54) is 106 Å². The Kier molecular flexibility index (Phi) is 12.8. The number of aliphatic carboxylic acids is 2. The largest absolute Gasteiger partial charge is 0.473 e. The molecule has 0 spiro atoms. The van der Waals surface area contributed by atoms with Crippen molar-refractivity contribution in [3.8, 4) is 0 Å². The zero-order valence-corrected chi connectivity index (χ0v) is 20.9. The molecule has 0 amide bonds. The van der Waals surface area contributed by atoms with Crippen LogP contribution in [-0.4, -0.2) is 34.2 Å². The predicted molar refractivity (Wildman–Crippen MR) is 135 cm³/mol. The van der Waals surface area contributed by atoms with Gasteiger partial charge < -0.3 is 15.5 Å². The number of hydrogen-bond donors (Lipinski definition) is 3. The summed E-state index contributed by atoms with van der Waals surface area (Å²) in [4.78, 5) is 24.6. The van der Waals surface area contributed by atoms with Crippen molar-refractivity contribution in [2.45, 2.75) is 102 Å². The number of aliphatic imine (C=N–C) groups is 1. The third-order valence-electron chi connectivity index (χ3n) is 5.82. The van der Waals surface area contributed by atoms with Crippen molar-refractivity contribution < 1.29 is 19.8 Å². The second kappa shape index (κ2) is 15.3. The fourth-order valence-electron chi connectivity index (χ4n) is 4.11. The van der Waals surface area contributed by atoms with Crippen LogP contribution < -0.4 is 5.32 Å². The third kappa shape index (κ3) is 9.14. The Hall–Kier alpha value is -1.54. The van der Waals surface area contributed by atoms with Crippen molar-refractivity contribution in [3.05, 3.63) is 16.0 Å². The van der Waals surface area contributed by atoms with Crippen LogP contribution in [0.5, 0.6) is 0 Å². The first kappa shape index (κ1) is 26.7. The number of carboxylic acid groups (broad SMARTS) is 2. The topological polar surface area (TPSA) is 99.0 Å². The number of nitrogens with one attached hydrogen (secondary N) is 1. The molecule has 6 nitrogen and oxygen atoms in total. The van der Waals surface area contributed by atoms with Gasteiger partial charge in [0.05, 0.1) is 6.34 Å². The smallest absolute Gasteiger partial charge is 0.414 e. The van der Waals surface area contributed by atoms with Crippen molar-refractivity contribution in [1.82, 2.24) is 0 Å².